The number of carbonyl (C=O) groups is 1. The summed E-state index contributed by atoms with van der Waals surface area (Å²) >= 11 is 0. The van der Waals surface area contributed by atoms with Crippen LogP contribution in [0.1, 0.15) is 51.0 Å². The quantitative estimate of drug-likeness (QED) is 0.892. The molecular formula is C16H22N4O2. The molecule has 2 N–H and O–H groups in total. The van der Waals surface area contributed by atoms with Crippen molar-refractivity contribution < 1.29 is 9.21 Å². The van der Waals surface area contributed by atoms with Crippen LogP contribution >= 0.6 is 0 Å². The summed E-state index contributed by atoms with van der Waals surface area (Å²) in [4.78, 5) is 12.3. The van der Waals surface area contributed by atoms with Gasteiger partial charge in [0.1, 0.15) is 11.6 Å². The number of furan rings is 1. The van der Waals surface area contributed by atoms with Crippen LogP contribution in [0.5, 0.6) is 0 Å². The van der Waals surface area contributed by atoms with Crippen LogP contribution in [0.2, 0.25) is 0 Å². The fraction of sp³-hybridized carbons (Fsp3) is 0.500. The van der Waals surface area contributed by atoms with Gasteiger partial charge in [0.15, 0.2) is 0 Å². The van der Waals surface area contributed by atoms with E-state index in [1.807, 2.05) is 26.8 Å². The van der Waals surface area contributed by atoms with E-state index in [4.69, 9.17) is 4.42 Å². The second kappa shape index (κ2) is 5.51. The molecule has 0 spiro atoms. The highest BCUT2D eigenvalue weighted by molar-refractivity contribution is 5.88. The molecule has 1 aliphatic carbocycles. The van der Waals surface area contributed by atoms with Gasteiger partial charge in [0, 0.05) is 18.1 Å². The molecule has 1 unspecified atom stereocenters. The first-order chi connectivity index (χ1) is 10.4. The van der Waals surface area contributed by atoms with Gasteiger partial charge in [-0.1, -0.05) is 0 Å². The van der Waals surface area contributed by atoms with Crippen LogP contribution in [0, 0.1) is 0 Å². The average Bonchev–Trinajstić information content (AvgIpc) is 3.06. The number of aromatic nitrogens is 2. The summed E-state index contributed by atoms with van der Waals surface area (Å²) in [5, 5.41) is 10.2. The van der Waals surface area contributed by atoms with Gasteiger partial charge >= 0.3 is 6.03 Å². The standard InChI is InChI=1S/C16H22N4O2/c1-16(2,3)20-14(7-9-17-20)19-15(21)18-12-5-4-6-13-11(12)8-10-22-13/h7-10,12H,4-6H2,1-3H3,(H2,18,19,21). The maximum absolute atomic E-state index is 12.3. The van der Waals surface area contributed by atoms with Gasteiger partial charge in [0.25, 0.3) is 0 Å². The lowest BCUT2D eigenvalue weighted by molar-refractivity contribution is 0.246. The maximum Gasteiger partial charge on any atom is 0.320 e. The van der Waals surface area contributed by atoms with E-state index in [0.29, 0.717) is 5.82 Å². The fourth-order valence-corrected chi connectivity index (χ4v) is 2.88. The molecule has 2 aromatic heterocycles. The third-order valence-electron chi connectivity index (χ3n) is 3.88. The van der Waals surface area contributed by atoms with Crippen molar-refractivity contribution in [3.63, 3.8) is 0 Å². The van der Waals surface area contributed by atoms with E-state index in [9.17, 15) is 4.79 Å². The highest BCUT2D eigenvalue weighted by Crippen LogP contribution is 2.30. The molecule has 2 aromatic rings. The number of hydrogen-bond acceptors (Lipinski definition) is 3. The normalized spacial score (nSPS) is 17.9. The Labute approximate surface area is 129 Å². The number of urea groups is 1. The van der Waals surface area contributed by atoms with Gasteiger partial charge in [0.05, 0.1) is 24.0 Å². The summed E-state index contributed by atoms with van der Waals surface area (Å²) in [7, 11) is 0. The van der Waals surface area contributed by atoms with E-state index < -0.39 is 0 Å². The lowest BCUT2D eigenvalue weighted by atomic mass is 9.93. The first kappa shape index (κ1) is 14.7. The second-order valence-corrected chi connectivity index (χ2v) is 6.64. The molecule has 6 nitrogen and oxygen atoms in total. The minimum atomic E-state index is -0.218. The average molecular weight is 302 g/mol. The van der Waals surface area contributed by atoms with Crippen molar-refractivity contribution in [1.29, 1.82) is 0 Å². The van der Waals surface area contributed by atoms with Crippen LogP contribution in [-0.4, -0.2) is 15.8 Å². The SMILES string of the molecule is CC(C)(C)n1nccc1NC(=O)NC1CCCc2occc21. The van der Waals surface area contributed by atoms with Crippen LogP contribution in [0.25, 0.3) is 0 Å². The Hall–Kier alpha value is -2.24. The van der Waals surface area contributed by atoms with Gasteiger partial charge < -0.3 is 9.73 Å². The third kappa shape index (κ3) is 2.86. The highest BCUT2D eigenvalue weighted by Gasteiger charge is 2.25. The molecule has 1 aliphatic rings. The lowest BCUT2D eigenvalue weighted by Crippen LogP contribution is -2.35. The smallest absolute Gasteiger partial charge is 0.320 e. The second-order valence-electron chi connectivity index (χ2n) is 6.64. The number of aryl methyl sites for hydroxylation is 1. The highest BCUT2D eigenvalue weighted by atomic mass is 16.3. The minimum absolute atomic E-state index is 0.00788. The molecule has 0 saturated carbocycles. The molecule has 22 heavy (non-hydrogen) atoms. The van der Waals surface area contributed by atoms with Crippen molar-refractivity contribution in [1.82, 2.24) is 15.1 Å². The van der Waals surface area contributed by atoms with Gasteiger partial charge in [0.2, 0.25) is 0 Å². The molecule has 0 aromatic carbocycles. The Morgan fingerprint density at radius 3 is 3.00 bits per heavy atom. The van der Waals surface area contributed by atoms with Crippen molar-refractivity contribution in [2.75, 3.05) is 5.32 Å². The topological polar surface area (TPSA) is 72.1 Å². The number of nitrogens with zero attached hydrogens (tertiary/aromatic N) is 2. The molecule has 0 fully saturated rings. The van der Waals surface area contributed by atoms with Gasteiger partial charge in [-0.25, -0.2) is 9.48 Å². The van der Waals surface area contributed by atoms with E-state index in [1.54, 1.807) is 23.2 Å². The van der Waals surface area contributed by atoms with Crippen LogP contribution in [-0.2, 0) is 12.0 Å². The summed E-state index contributed by atoms with van der Waals surface area (Å²) in [5.74, 6) is 1.67. The third-order valence-corrected chi connectivity index (χ3v) is 3.88. The predicted molar refractivity (Wildman–Crippen MR) is 83.8 cm³/mol. The number of anilines is 1. The first-order valence-corrected chi connectivity index (χ1v) is 7.63. The monoisotopic (exact) mass is 302 g/mol. The molecule has 0 radical (unpaired) electrons. The molecule has 118 valence electrons. The zero-order valence-electron chi connectivity index (χ0n) is 13.2. The fourth-order valence-electron chi connectivity index (χ4n) is 2.88. The summed E-state index contributed by atoms with van der Waals surface area (Å²) < 4.78 is 7.25. The van der Waals surface area contributed by atoms with Crippen LogP contribution < -0.4 is 10.6 Å². The number of amides is 2. The van der Waals surface area contributed by atoms with E-state index in [1.165, 1.54) is 0 Å². The van der Waals surface area contributed by atoms with Crippen molar-refractivity contribution in [3.8, 4) is 0 Å². The van der Waals surface area contributed by atoms with Gasteiger partial charge in [-0.2, -0.15) is 5.10 Å². The van der Waals surface area contributed by atoms with Crippen LogP contribution in [0.15, 0.2) is 29.0 Å². The molecule has 0 saturated heterocycles. The molecule has 0 bridgehead atoms. The lowest BCUT2D eigenvalue weighted by Gasteiger charge is -2.25. The van der Waals surface area contributed by atoms with Crippen LogP contribution in [0.4, 0.5) is 10.6 Å². The van der Waals surface area contributed by atoms with E-state index in [0.717, 1.165) is 30.6 Å². The van der Waals surface area contributed by atoms with E-state index >= 15 is 0 Å². The predicted octanol–water partition coefficient (Wildman–Crippen LogP) is 3.43. The molecular weight excluding hydrogens is 280 g/mol. The molecule has 0 aliphatic heterocycles. The summed E-state index contributed by atoms with van der Waals surface area (Å²) in [6.45, 7) is 6.13. The summed E-state index contributed by atoms with van der Waals surface area (Å²) in [6.07, 6.45) is 6.27. The first-order valence-electron chi connectivity index (χ1n) is 7.63. The zero-order valence-corrected chi connectivity index (χ0v) is 13.2. The molecule has 6 heteroatoms. The van der Waals surface area contributed by atoms with Gasteiger partial charge in [-0.05, 0) is 39.7 Å². The Kier molecular flexibility index (Phi) is 3.68. The van der Waals surface area contributed by atoms with Crippen molar-refractivity contribution in [2.24, 2.45) is 0 Å². The Morgan fingerprint density at radius 1 is 1.41 bits per heavy atom. The van der Waals surface area contributed by atoms with Crippen molar-refractivity contribution in [2.45, 2.75) is 51.6 Å². The number of nitrogens with one attached hydrogen (secondary N) is 2. The maximum atomic E-state index is 12.3. The molecule has 3 rings (SSSR count). The molecule has 2 heterocycles. The summed E-state index contributed by atoms with van der Waals surface area (Å²) in [6, 6.07) is 3.53. The van der Waals surface area contributed by atoms with E-state index in [2.05, 4.69) is 15.7 Å². The molecule has 2 amide bonds. The van der Waals surface area contributed by atoms with Crippen LogP contribution in [0.3, 0.4) is 0 Å². The minimum Gasteiger partial charge on any atom is -0.469 e. The zero-order chi connectivity index (χ0) is 15.7. The molecule has 1 atom stereocenters. The number of rotatable bonds is 2. The van der Waals surface area contributed by atoms with E-state index in [-0.39, 0.29) is 17.6 Å². The summed E-state index contributed by atoms with van der Waals surface area (Å²) in [5.41, 5.74) is 0.903. The number of fused-ring (bicyclic) bond motifs is 1. The Bertz CT molecular complexity index is 666. The number of carbonyl (C=O) groups excluding carboxylic acids is 1. The van der Waals surface area contributed by atoms with Gasteiger partial charge in [-0.15, -0.1) is 0 Å². The Morgan fingerprint density at radius 2 is 2.23 bits per heavy atom. The number of hydrogen-bond donors (Lipinski definition) is 2. The van der Waals surface area contributed by atoms with Crippen molar-refractivity contribution in [3.05, 3.63) is 35.9 Å². The largest absolute Gasteiger partial charge is 0.469 e. The Balaban J connectivity index is 1.69. The van der Waals surface area contributed by atoms with Gasteiger partial charge in [-0.3, -0.25) is 5.32 Å². The van der Waals surface area contributed by atoms with Crippen molar-refractivity contribution >= 4 is 11.8 Å².